The first-order chi connectivity index (χ1) is 7.40. The summed E-state index contributed by atoms with van der Waals surface area (Å²) in [4.78, 5) is 7.08. The molecule has 1 aromatic heterocycles. The molecule has 0 aliphatic heterocycles. The van der Waals surface area contributed by atoms with Crippen molar-refractivity contribution in [3.8, 4) is 0 Å². The van der Waals surface area contributed by atoms with Crippen molar-refractivity contribution in [2.45, 2.75) is 32.9 Å². The number of hydrogen-bond donors (Lipinski definition) is 1. The van der Waals surface area contributed by atoms with Crippen LogP contribution in [0, 0.1) is 0 Å². The van der Waals surface area contributed by atoms with Crippen molar-refractivity contribution in [3.63, 3.8) is 0 Å². The van der Waals surface area contributed by atoms with Crippen molar-refractivity contribution in [1.82, 2.24) is 4.98 Å². The third kappa shape index (κ3) is 2.97. The van der Waals surface area contributed by atoms with Gasteiger partial charge in [-0.25, -0.2) is 4.98 Å². The van der Waals surface area contributed by atoms with Gasteiger partial charge in [0, 0.05) is 12.1 Å². The van der Waals surface area contributed by atoms with Gasteiger partial charge in [0.25, 0.3) is 0 Å². The quantitative estimate of drug-likeness (QED) is 0.846. The third-order valence-electron chi connectivity index (χ3n) is 2.13. The van der Waals surface area contributed by atoms with Gasteiger partial charge in [-0.2, -0.15) is 0 Å². The van der Waals surface area contributed by atoms with Crippen LogP contribution in [-0.4, -0.2) is 22.2 Å². The summed E-state index contributed by atoms with van der Waals surface area (Å²) in [5.74, 6) is 0. The van der Waals surface area contributed by atoms with Gasteiger partial charge in [-0.1, -0.05) is 29.0 Å². The van der Waals surface area contributed by atoms with Crippen LogP contribution in [0.4, 0.5) is 5.13 Å². The van der Waals surface area contributed by atoms with Crippen LogP contribution in [0.5, 0.6) is 0 Å². The number of aliphatic hydroxyl groups is 1. The normalized spacial score (nSPS) is 11.6. The number of aliphatic hydroxyl groups excluding tert-OH is 1. The topological polar surface area (TPSA) is 36.4 Å². The molecule has 16 heavy (non-hydrogen) atoms. The summed E-state index contributed by atoms with van der Waals surface area (Å²) in [6, 6.07) is 0. The Morgan fingerprint density at radius 2 is 2.19 bits per heavy atom. The molecular weight excluding hydrogens is 244 g/mol. The maximum absolute atomic E-state index is 9.09. The Hall–Kier alpha value is -0.580. The molecule has 0 saturated heterocycles. The van der Waals surface area contributed by atoms with E-state index in [2.05, 4.69) is 37.2 Å². The second kappa shape index (κ2) is 5.17. The summed E-state index contributed by atoms with van der Waals surface area (Å²) in [5.41, 5.74) is -0.0535. The molecule has 3 nitrogen and oxygen atoms in total. The Labute approximate surface area is 105 Å². The maximum atomic E-state index is 9.09. The Kier molecular flexibility index (Phi) is 4.35. The predicted molar refractivity (Wildman–Crippen MR) is 70.3 cm³/mol. The number of hydrogen-bond acceptors (Lipinski definition) is 4. The fraction of sp³-hybridized carbons (Fsp3) is 0.545. The number of rotatable bonds is 4. The van der Waals surface area contributed by atoms with Crippen molar-refractivity contribution < 1.29 is 5.11 Å². The summed E-state index contributed by atoms with van der Waals surface area (Å²) in [5, 5.41) is 10.3. The van der Waals surface area contributed by atoms with Crippen LogP contribution in [0.25, 0.3) is 0 Å². The lowest BCUT2D eigenvalue weighted by Crippen LogP contribution is -2.41. The summed E-state index contributed by atoms with van der Waals surface area (Å²) < 4.78 is 0. The molecule has 0 bridgehead atoms. The number of anilines is 1. The second-order valence-corrected chi connectivity index (χ2v) is 5.86. The molecule has 1 rings (SSSR count). The van der Waals surface area contributed by atoms with E-state index in [1.807, 2.05) is 6.08 Å². The van der Waals surface area contributed by atoms with Crippen LogP contribution in [0.3, 0.4) is 0 Å². The molecular formula is C11H17ClN2OS. The Balaban J connectivity index is 3.06. The largest absolute Gasteiger partial charge is 0.391 e. The molecule has 0 aliphatic carbocycles. The molecule has 0 unspecified atom stereocenters. The molecule has 5 heteroatoms. The van der Waals surface area contributed by atoms with E-state index in [4.69, 9.17) is 16.7 Å². The minimum atomic E-state index is -0.0669. The van der Waals surface area contributed by atoms with Gasteiger partial charge in [-0.05, 0) is 20.8 Å². The first-order valence-corrected chi connectivity index (χ1v) is 6.24. The highest BCUT2D eigenvalue weighted by Gasteiger charge is 2.24. The summed E-state index contributed by atoms with van der Waals surface area (Å²) in [6.45, 7) is 10.7. The number of halogens is 1. The molecule has 0 fully saturated rings. The minimum absolute atomic E-state index is 0.0535. The molecule has 0 amide bonds. The second-order valence-electron chi connectivity index (χ2n) is 4.44. The van der Waals surface area contributed by atoms with E-state index in [0.717, 1.165) is 5.13 Å². The highest BCUT2D eigenvalue weighted by atomic mass is 35.5. The Morgan fingerprint density at radius 1 is 1.56 bits per heavy atom. The lowest BCUT2D eigenvalue weighted by molar-refractivity contribution is 0.285. The lowest BCUT2D eigenvalue weighted by atomic mass is 10.1. The van der Waals surface area contributed by atoms with E-state index >= 15 is 0 Å². The van der Waals surface area contributed by atoms with E-state index in [1.165, 1.54) is 11.3 Å². The van der Waals surface area contributed by atoms with Crippen LogP contribution < -0.4 is 4.90 Å². The molecule has 90 valence electrons. The van der Waals surface area contributed by atoms with E-state index < -0.39 is 0 Å². The van der Waals surface area contributed by atoms with Crippen LogP contribution in [0.15, 0.2) is 12.7 Å². The molecule has 0 aliphatic rings. The summed E-state index contributed by atoms with van der Waals surface area (Å²) >= 11 is 7.35. The van der Waals surface area contributed by atoms with E-state index in [-0.39, 0.29) is 12.1 Å². The van der Waals surface area contributed by atoms with Crippen molar-refractivity contribution in [3.05, 3.63) is 22.7 Å². The van der Waals surface area contributed by atoms with Gasteiger partial charge >= 0.3 is 0 Å². The smallest absolute Gasteiger partial charge is 0.187 e. The van der Waals surface area contributed by atoms with Crippen LogP contribution in [0.2, 0.25) is 5.15 Å². The maximum Gasteiger partial charge on any atom is 0.187 e. The van der Waals surface area contributed by atoms with Crippen LogP contribution in [-0.2, 0) is 6.61 Å². The van der Waals surface area contributed by atoms with Crippen molar-refractivity contribution in [2.24, 2.45) is 0 Å². The van der Waals surface area contributed by atoms with E-state index in [1.54, 1.807) is 0 Å². The van der Waals surface area contributed by atoms with Gasteiger partial charge in [-0.3, -0.25) is 0 Å². The zero-order valence-electron chi connectivity index (χ0n) is 9.83. The average molecular weight is 261 g/mol. The third-order valence-corrected chi connectivity index (χ3v) is 3.62. The monoisotopic (exact) mass is 260 g/mol. The zero-order valence-corrected chi connectivity index (χ0v) is 11.4. The first-order valence-electron chi connectivity index (χ1n) is 5.04. The van der Waals surface area contributed by atoms with E-state index in [9.17, 15) is 0 Å². The molecule has 0 saturated carbocycles. The predicted octanol–water partition coefficient (Wildman–Crippen LogP) is 3.08. The SMILES string of the molecule is C=CCN(c1nc(Cl)c(CO)s1)C(C)(C)C. The lowest BCUT2D eigenvalue weighted by Gasteiger charge is -2.34. The van der Waals surface area contributed by atoms with Gasteiger partial charge in [-0.15, -0.1) is 6.58 Å². The standard InChI is InChI=1S/C11H17ClN2OS/c1-5-6-14(11(2,3)4)10-13-9(12)8(7-15)16-10/h5,15H,1,6-7H2,2-4H3. The molecule has 0 aromatic carbocycles. The highest BCUT2D eigenvalue weighted by Crippen LogP contribution is 2.33. The van der Waals surface area contributed by atoms with Crippen molar-refractivity contribution >= 4 is 28.1 Å². The van der Waals surface area contributed by atoms with Gasteiger partial charge in [0.2, 0.25) is 0 Å². The molecule has 0 spiro atoms. The molecule has 1 N–H and O–H groups in total. The van der Waals surface area contributed by atoms with Crippen molar-refractivity contribution in [2.75, 3.05) is 11.4 Å². The molecule has 0 radical (unpaired) electrons. The average Bonchev–Trinajstić information content (AvgIpc) is 2.53. The number of thiazole rings is 1. The highest BCUT2D eigenvalue weighted by molar-refractivity contribution is 7.16. The van der Waals surface area contributed by atoms with Crippen molar-refractivity contribution in [1.29, 1.82) is 0 Å². The van der Waals surface area contributed by atoms with Crippen LogP contribution >= 0.6 is 22.9 Å². The minimum Gasteiger partial charge on any atom is -0.391 e. The molecule has 0 atom stereocenters. The molecule has 1 aromatic rings. The summed E-state index contributed by atoms with van der Waals surface area (Å²) in [6.07, 6.45) is 1.83. The van der Waals surface area contributed by atoms with Gasteiger partial charge < -0.3 is 10.0 Å². The Morgan fingerprint density at radius 3 is 2.56 bits per heavy atom. The summed E-state index contributed by atoms with van der Waals surface area (Å²) in [7, 11) is 0. The number of nitrogens with zero attached hydrogens (tertiary/aromatic N) is 2. The first kappa shape index (κ1) is 13.5. The number of aromatic nitrogens is 1. The zero-order chi connectivity index (χ0) is 12.3. The molecule has 1 heterocycles. The van der Waals surface area contributed by atoms with Crippen LogP contribution in [0.1, 0.15) is 25.6 Å². The Bertz CT molecular complexity index is 371. The van der Waals surface area contributed by atoms with Gasteiger partial charge in [0.1, 0.15) is 5.15 Å². The van der Waals surface area contributed by atoms with Gasteiger partial charge in [0.15, 0.2) is 5.13 Å². The van der Waals surface area contributed by atoms with E-state index in [0.29, 0.717) is 16.6 Å². The fourth-order valence-electron chi connectivity index (χ4n) is 1.30. The van der Waals surface area contributed by atoms with Gasteiger partial charge in [0.05, 0.1) is 11.5 Å². The fourth-order valence-corrected chi connectivity index (χ4v) is 2.62.